The first-order valence-corrected chi connectivity index (χ1v) is 4.83. The highest BCUT2D eigenvalue weighted by atomic mass is 16.5. The van der Waals surface area contributed by atoms with Crippen LogP contribution in [-0.2, 0) is 14.3 Å². The second-order valence-corrected chi connectivity index (χ2v) is 3.52. The Hall–Kier alpha value is -0.650. The molecule has 0 aliphatic carbocycles. The minimum absolute atomic E-state index is 0.340. The van der Waals surface area contributed by atoms with Crippen LogP contribution in [0, 0.1) is 0 Å². The number of primary amides is 1. The van der Waals surface area contributed by atoms with Gasteiger partial charge in [-0.3, -0.25) is 10.1 Å². The van der Waals surface area contributed by atoms with E-state index >= 15 is 0 Å². The molecule has 0 radical (unpaired) electrons. The summed E-state index contributed by atoms with van der Waals surface area (Å²) in [5, 5.41) is 3.11. The number of rotatable bonds is 5. The van der Waals surface area contributed by atoms with Gasteiger partial charge in [0.1, 0.15) is 5.54 Å². The van der Waals surface area contributed by atoms with Gasteiger partial charge < -0.3 is 15.2 Å². The second-order valence-electron chi connectivity index (χ2n) is 3.52. The lowest BCUT2D eigenvalue weighted by Gasteiger charge is -2.34. The quantitative estimate of drug-likeness (QED) is 0.576. The molecule has 0 saturated carbocycles. The molecule has 0 aromatic heterocycles. The largest absolute Gasteiger partial charge is 0.383 e. The molecule has 0 bridgehead atoms. The average Bonchev–Trinajstić information content (AvgIpc) is 2.19. The van der Waals surface area contributed by atoms with E-state index in [4.69, 9.17) is 15.2 Å². The third kappa shape index (κ3) is 2.67. The zero-order valence-electron chi connectivity index (χ0n) is 8.54. The van der Waals surface area contributed by atoms with E-state index in [0.717, 1.165) is 12.8 Å². The Balaban J connectivity index is 2.47. The monoisotopic (exact) mass is 202 g/mol. The first-order chi connectivity index (χ1) is 6.71. The van der Waals surface area contributed by atoms with Crippen molar-refractivity contribution in [3.05, 3.63) is 0 Å². The van der Waals surface area contributed by atoms with Crippen molar-refractivity contribution in [3.8, 4) is 0 Å². The highest BCUT2D eigenvalue weighted by Gasteiger charge is 2.37. The van der Waals surface area contributed by atoms with Crippen LogP contribution in [0.3, 0.4) is 0 Å². The molecular weight excluding hydrogens is 184 g/mol. The predicted molar refractivity (Wildman–Crippen MR) is 51.9 cm³/mol. The van der Waals surface area contributed by atoms with Gasteiger partial charge in [0.05, 0.1) is 13.2 Å². The normalized spacial score (nSPS) is 27.5. The maximum Gasteiger partial charge on any atom is 0.240 e. The van der Waals surface area contributed by atoms with Gasteiger partial charge >= 0.3 is 0 Å². The zero-order chi connectivity index (χ0) is 10.4. The Bertz CT molecular complexity index is 190. The van der Waals surface area contributed by atoms with E-state index in [-0.39, 0.29) is 5.91 Å². The molecule has 0 aromatic carbocycles. The van der Waals surface area contributed by atoms with Crippen LogP contribution < -0.4 is 11.1 Å². The second kappa shape index (κ2) is 5.29. The Morgan fingerprint density at radius 2 is 2.50 bits per heavy atom. The fourth-order valence-corrected chi connectivity index (χ4v) is 1.61. The van der Waals surface area contributed by atoms with Crippen LogP contribution in [0.5, 0.6) is 0 Å². The minimum atomic E-state index is -0.684. The Kier molecular flexibility index (Phi) is 4.31. The zero-order valence-corrected chi connectivity index (χ0v) is 8.54. The third-order valence-corrected chi connectivity index (χ3v) is 2.48. The summed E-state index contributed by atoms with van der Waals surface area (Å²) in [5.74, 6) is -0.340. The molecule has 1 aliphatic rings. The summed E-state index contributed by atoms with van der Waals surface area (Å²) < 4.78 is 10.2. The first kappa shape index (κ1) is 11.4. The number of carbonyl (C=O) groups excluding carboxylic acids is 1. The maximum absolute atomic E-state index is 11.3. The van der Waals surface area contributed by atoms with E-state index in [9.17, 15) is 4.79 Å². The molecule has 5 nitrogen and oxygen atoms in total. The summed E-state index contributed by atoms with van der Waals surface area (Å²) in [6.07, 6.45) is 1.61. The van der Waals surface area contributed by atoms with E-state index in [0.29, 0.717) is 26.4 Å². The van der Waals surface area contributed by atoms with Gasteiger partial charge in [-0.25, -0.2) is 0 Å². The van der Waals surface area contributed by atoms with Gasteiger partial charge in [-0.1, -0.05) is 0 Å². The van der Waals surface area contributed by atoms with Crippen molar-refractivity contribution in [3.63, 3.8) is 0 Å². The molecule has 82 valence electrons. The molecule has 1 aliphatic heterocycles. The van der Waals surface area contributed by atoms with Crippen LogP contribution in [-0.4, -0.2) is 44.9 Å². The third-order valence-electron chi connectivity index (χ3n) is 2.48. The Morgan fingerprint density at radius 3 is 3.00 bits per heavy atom. The SMILES string of the molecule is COCCNC1(C(N)=O)CCCOC1. The summed E-state index contributed by atoms with van der Waals surface area (Å²) in [6, 6.07) is 0. The van der Waals surface area contributed by atoms with Crippen molar-refractivity contribution in [2.45, 2.75) is 18.4 Å². The van der Waals surface area contributed by atoms with Crippen molar-refractivity contribution >= 4 is 5.91 Å². The van der Waals surface area contributed by atoms with E-state index in [1.807, 2.05) is 0 Å². The molecule has 1 heterocycles. The van der Waals surface area contributed by atoms with Crippen molar-refractivity contribution in [1.29, 1.82) is 0 Å². The summed E-state index contributed by atoms with van der Waals surface area (Å²) in [6.45, 7) is 2.25. The van der Waals surface area contributed by atoms with E-state index in [1.165, 1.54) is 0 Å². The van der Waals surface area contributed by atoms with Gasteiger partial charge in [0.25, 0.3) is 0 Å². The molecular formula is C9H18N2O3. The molecule has 1 amide bonds. The van der Waals surface area contributed by atoms with Crippen LogP contribution in [0.1, 0.15) is 12.8 Å². The van der Waals surface area contributed by atoms with E-state index < -0.39 is 5.54 Å². The minimum Gasteiger partial charge on any atom is -0.383 e. The topological polar surface area (TPSA) is 73.6 Å². The molecule has 1 saturated heterocycles. The van der Waals surface area contributed by atoms with Crippen LogP contribution >= 0.6 is 0 Å². The van der Waals surface area contributed by atoms with Gasteiger partial charge in [0.2, 0.25) is 5.91 Å². The van der Waals surface area contributed by atoms with Crippen molar-refractivity contribution in [2.75, 3.05) is 33.5 Å². The molecule has 1 rings (SSSR count). The number of methoxy groups -OCH3 is 1. The van der Waals surface area contributed by atoms with E-state index in [1.54, 1.807) is 7.11 Å². The summed E-state index contributed by atoms with van der Waals surface area (Å²) in [5.41, 5.74) is 4.68. The fraction of sp³-hybridized carbons (Fsp3) is 0.889. The molecule has 5 heteroatoms. The smallest absolute Gasteiger partial charge is 0.240 e. The van der Waals surface area contributed by atoms with Crippen LogP contribution in [0.15, 0.2) is 0 Å². The summed E-state index contributed by atoms with van der Waals surface area (Å²) in [7, 11) is 1.62. The van der Waals surface area contributed by atoms with Gasteiger partial charge in [-0.2, -0.15) is 0 Å². The van der Waals surface area contributed by atoms with Crippen molar-refractivity contribution in [1.82, 2.24) is 5.32 Å². The molecule has 0 aromatic rings. The first-order valence-electron chi connectivity index (χ1n) is 4.83. The average molecular weight is 202 g/mol. The standard InChI is InChI=1S/C9H18N2O3/c1-13-6-4-11-9(8(10)12)3-2-5-14-7-9/h11H,2-7H2,1H3,(H2,10,12). The van der Waals surface area contributed by atoms with Crippen molar-refractivity contribution < 1.29 is 14.3 Å². The van der Waals surface area contributed by atoms with E-state index in [2.05, 4.69) is 5.32 Å². The van der Waals surface area contributed by atoms with Crippen LogP contribution in [0.4, 0.5) is 0 Å². The molecule has 0 spiro atoms. The highest BCUT2D eigenvalue weighted by Crippen LogP contribution is 2.18. The van der Waals surface area contributed by atoms with Gasteiger partial charge in [0, 0.05) is 20.3 Å². The Labute approximate surface area is 83.9 Å². The molecule has 14 heavy (non-hydrogen) atoms. The lowest BCUT2D eigenvalue weighted by molar-refractivity contribution is -0.130. The number of amides is 1. The molecule has 3 N–H and O–H groups in total. The molecule has 1 unspecified atom stereocenters. The fourth-order valence-electron chi connectivity index (χ4n) is 1.61. The number of carbonyl (C=O) groups is 1. The van der Waals surface area contributed by atoms with Gasteiger partial charge in [-0.15, -0.1) is 0 Å². The summed E-state index contributed by atoms with van der Waals surface area (Å²) >= 11 is 0. The number of ether oxygens (including phenoxy) is 2. The molecule has 1 atom stereocenters. The lowest BCUT2D eigenvalue weighted by Crippen LogP contribution is -2.60. The highest BCUT2D eigenvalue weighted by molar-refractivity contribution is 5.85. The Morgan fingerprint density at radius 1 is 1.71 bits per heavy atom. The number of hydrogen-bond donors (Lipinski definition) is 2. The van der Waals surface area contributed by atoms with Crippen LogP contribution in [0.2, 0.25) is 0 Å². The lowest BCUT2D eigenvalue weighted by atomic mass is 9.91. The number of nitrogens with one attached hydrogen (secondary N) is 1. The van der Waals surface area contributed by atoms with Crippen LogP contribution in [0.25, 0.3) is 0 Å². The van der Waals surface area contributed by atoms with Gasteiger partial charge in [-0.05, 0) is 12.8 Å². The maximum atomic E-state index is 11.3. The summed E-state index contributed by atoms with van der Waals surface area (Å²) in [4.78, 5) is 11.3. The van der Waals surface area contributed by atoms with Gasteiger partial charge in [0.15, 0.2) is 0 Å². The molecule has 1 fully saturated rings. The van der Waals surface area contributed by atoms with Crippen molar-refractivity contribution in [2.24, 2.45) is 5.73 Å². The predicted octanol–water partition coefficient (Wildman–Crippen LogP) is -0.743. The number of hydrogen-bond acceptors (Lipinski definition) is 4. The number of nitrogens with two attached hydrogens (primary N) is 1.